The summed E-state index contributed by atoms with van der Waals surface area (Å²) < 4.78 is 24.8. The van der Waals surface area contributed by atoms with Gasteiger partial charge in [-0.25, -0.2) is 13.4 Å². The molecule has 0 radical (unpaired) electrons. The van der Waals surface area contributed by atoms with Crippen LogP contribution >= 0.6 is 0 Å². The Hall–Kier alpha value is -0.840. The van der Waals surface area contributed by atoms with Crippen LogP contribution in [-0.4, -0.2) is 23.7 Å². The molecule has 5 heteroatoms. The van der Waals surface area contributed by atoms with Gasteiger partial charge in [-0.05, 0) is 12.8 Å². The molecule has 13 heavy (non-hydrogen) atoms. The highest BCUT2D eigenvalue weighted by Crippen LogP contribution is 2.36. The largest absolute Gasteiger partial charge is 0.319 e. The van der Waals surface area contributed by atoms with Gasteiger partial charge in [0.05, 0.1) is 5.75 Å². The van der Waals surface area contributed by atoms with Gasteiger partial charge in [-0.1, -0.05) is 6.92 Å². The fourth-order valence-electron chi connectivity index (χ4n) is 1.30. The third kappa shape index (κ3) is 1.48. The zero-order chi connectivity index (χ0) is 9.47. The van der Waals surface area contributed by atoms with E-state index in [1.54, 1.807) is 23.9 Å². The number of rotatable bonds is 3. The van der Waals surface area contributed by atoms with E-state index in [0.29, 0.717) is 6.04 Å². The van der Waals surface area contributed by atoms with E-state index in [0.717, 1.165) is 12.8 Å². The Labute approximate surface area is 77.5 Å². The summed E-state index contributed by atoms with van der Waals surface area (Å²) in [6, 6.07) is 0.374. The highest BCUT2D eigenvalue weighted by molar-refractivity contribution is 7.91. The van der Waals surface area contributed by atoms with Gasteiger partial charge in [-0.2, -0.15) is 0 Å². The third-order valence-corrected chi connectivity index (χ3v) is 3.86. The van der Waals surface area contributed by atoms with Crippen LogP contribution in [-0.2, 0) is 9.84 Å². The van der Waals surface area contributed by atoms with Crippen LogP contribution in [0.2, 0.25) is 0 Å². The van der Waals surface area contributed by atoms with Crippen molar-refractivity contribution in [2.24, 2.45) is 0 Å². The Kier molecular flexibility index (Phi) is 1.91. The lowest BCUT2D eigenvalue weighted by molar-refractivity contribution is 0.566. The summed E-state index contributed by atoms with van der Waals surface area (Å²) in [4.78, 5) is 3.89. The third-order valence-electron chi connectivity index (χ3n) is 2.23. The fraction of sp³-hybridized carbons (Fsp3) is 0.625. The Morgan fingerprint density at radius 3 is 2.85 bits per heavy atom. The van der Waals surface area contributed by atoms with Crippen LogP contribution in [0.4, 0.5) is 0 Å². The molecule has 1 heterocycles. The van der Waals surface area contributed by atoms with Crippen LogP contribution in [0.1, 0.15) is 25.8 Å². The van der Waals surface area contributed by atoms with Crippen molar-refractivity contribution in [1.82, 2.24) is 9.55 Å². The fourth-order valence-corrected chi connectivity index (χ4v) is 2.31. The topological polar surface area (TPSA) is 52.0 Å². The molecule has 0 unspecified atom stereocenters. The Balaban J connectivity index is 2.45. The highest BCUT2D eigenvalue weighted by Gasteiger charge is 2.29. The zero-order valence-electron chi connectivity index (χ0n) is 7.47. The maximum atomic E-state index is 11.5. The molecule has 0 aliphatic heterocycles. The van der Waals surface area contributed by atoms with Gasteiger partial charge in [0.2, 0.25) is 15.0 Å². The molecule has 72 valence electrons. The summed E-state index contributed by atoms with van der Waals surface area (Å²) in [5.74, 6) is 0.122. The predicted octanol–water partition coefficient (Wildman–Crippen LogP) is 1.01. The van der Waals surface area contributed by atoms with Crippen molar-refractivity contribution in [2.45, 2.75) is 31.0 Å². The van der Waals surface area contributed by atoms with Crippen molar-refractivity contribution in [1.29, 1.82) is 0 Å². The molecule has 1 aliphatic carbocycles. The Bertz CT molecular complexity index is 404. The first-order chi connectivity index (χ1) is 6.15. The van der Waals surface area contributed by atoms with Crippen molar-refractivity contribution in [3.05, 3.63) is 12.4 Å². The summed E-state index contributed by atoms with van der Waals surface area (Å²) in [7, 11) is -3.14. The second-order valence-corrected chi connectivity index (χ2v) is 5.42. The summed E-state index contributed by atoms with van der Waals surface area (Å²) in [5.41, 5.74) is 0. The minimum Gasteiger partial charge on any atom is -0.319 e. The summed E-state index contributed by atoms with van der Waals surface area (Å²) in [6.07, 6.45) is 5.45. The van der Waals surface area contributed by atoms with Gasteiger partial charge in [-0.3, -0.25) is 0 Å². The molecule has 1 aliphatic rings. The molecule has 0 bridgehead atoms. The quantitative estimate of drug-likeness (QED) is 0.731. The molecule has 0 spiro atoms. The van der Waals surface area contributed by atoms with E-state index in [1.807, 2.05) is 0 Å². The molecule has 0 saturated heterocycles. The van der Waals surface area contributed by atoms with Crippen LogP contribution in [0, 0.1) is 0 Å². The van der Waals surface area contributed by atoms with E-state index < -0.39 is 9.84 Å². The van der Waals surface area contributed by atoms with E-state index >= 15 is 0 Å². The van der Waals surface area contributed by atoms with Gasteiger partial charge in [0.25, 0.3) is 0 Å². The van der Waals surface area contributed by atoms with Gasteiger partial charge >= 0.3 is 0 Å². The monoisotopic (exact) mass is 200 g/mol. The second-order valence-electron chi connectivity index (χ2n) is 3.25. The van der Waals surface area contributed by atoms with E-state index in [4.69, 9.17) is 0 Å². The van der Waals surface area contributed by atoms with Crippen LogP contribution in [0.5, 0.6) is 0 Å². The van der Waals surface area contributed by atoms with E-state index in [2.05, 4.69) is 4.98 Å². The second kappa shape index (κ2) is 2.83. The van der Waals surface area contributed by atoms with Crippen molar-refractivity contribution in [3.8, 4) is 0 Å². The molecule has 2 rings (SSSR count). The SMILES string of the molecule is CCS(=O)(=O)c1nccn1C1CC1. The first-order valence-electron chi connectivity index (χ1n) is 4.40. The molecule has 1 saturated carbocycles. The van der Waals surface area contributed by atoms with Crippen LogP contribution in [0.15, 0.2) is 17.6 Å². The average molecular weight is 200 g/mol. The van der Waals surface area contributed by atoms with E-state index in [9.17, 15) is 8.42 Å². The maximum Gasteiger partial charge on any atom is 0.227 e. The van der Waals surface area contributed by atoms with Gasteiger partial charge in [0, 0.05) is 18.4 Å². The molecule has 0 amide bonds. The lowest BCUT2D eigenvalue weighted by atomic mass is 10.7. The van der Waals surface area contributed by atoms with Crippen molar-refractivity contribution in [3.63, 3.8) is 0 Å². The summed E-state index contributed by atoms with van der Waals surface area (Å²) >= 11 is 0. The first-order valence-corrected chi connectivity index (χ1v) is 6.06. The summed E-state index contributed by atoms with van der Waals surface area (Å²) in [6.45, 7) is 1.64. The van der Waals surface area contributed by atoms with Gasteiger partial charge in [-0.15, -0.1) is 0 Å². The average Bonchev–Trinajstić information content (AvgIpc) is 2.83. The molecule has 4 nitrogen and oxygen atoms in total. The standard InChI is InChI=1S/C8H12N2O2S/c1-2-13(11,12)8-9-5-6-10(8)7-3-4-7/h5-7H,2-4H2,1H3. The van der Waals surface area contributed by atoms with Gasteiger partial charge in [0.15, 0.2) is 0 Å². The number of nitrogens with zero attached hydrogens (tertiary/aromatic N) is 2. The molecule has 0 aromatic carbocycles. The van der Waals surface area contributed by atoms with Crippen LogP contribution in [0.3, 0.4) is 0 Å². The smallest absolute Gasteiger partial charge is 0.227 e. The normalized spacial score (nSPS) is 17.6. The van der Waals surface area contributed by atoms with Crippen molar-refractivity contribution in [2.75, 3.05) is 5.75 Å². The molecular formula is C8H12N2O2S. The van der Waals surface area contributed by atoms with Gasteiger partial charge in [0.1, 0.15) is 0 Å². The van der Waals surface area contributed by atoms with Crippen molar-refractivity contribution < 1.29 is 8.42 Å². The van der Waals surface area contributed by atoms with Gasteiger partial charge < -0.3 is 4.57 Å². The molecule has 1 aromatic heterocycles. The Morgan fingerprint density at radius 1 is 1.62 bits per heavy atom. The predicted molar refractivity (Wildman–Crippen MR) is 48.2 cm³/mol. The van der Waals surface area contributed by atoms with Crippen molar-refractivity contribution >= 4 is 9.84 Å². The molecule has 1 fully saturated rings. The lowest BCUT2D eigenvalue weighted by Crippen LogP contribution is -2.11. The lowest BCUT2D eigenvalue weighted by Gasteiger charge is -2.04. The minimum absolute atomic E-state index is 0.122. The number of aromatic nitrogens is 2. The molecule has 0 atom stereocenters. The number of hydrogen-bond donors (Lipinski definition) is 0. The van der Waals surface area contributed by atoms with E-state index in [-0.39, 0.29) is 10.9 Å². The number of imidazole rings is 1. The first kappa shape index (κ1) is 8.74. The summed E-state index contributed by atoms with van der Waals surface area (Å²) in [5, 5.41) is 0.234. The molecular weight excluding hydrogens is 188 g/mol. The van der Waals surface area contributed by atoms with Crippen LogP contribution in [0.25, 0.3) is 0 Å². The highest BCUT2D eigenvalue weighted by atomic mass is 32.2. The number of hydrogen-bond acceptors (Lipinski definition) is 3. The maximum absolute atomic E-state index is 11.5. The Morgan fingerprint density at radius 2 is 2.31 bits per heavy atom. The zero-order valence-corrected chi connectivity index (χ0v) is 8.29. The van der Waals surface area contributed by atoms with E-state index in [1.165, 1.54) is 0 Å². The van der Waals surface area contributed by atoms with Crippen LogP contribution < -0.4 is 0 Å². The minimum atomic E-state index is -3.14. The molecule has 1 aromatic rings. The molecule has 0 N–H and O–H groups in total. The number of sulfone groups is 1.